The lowest BCUT2D eigenvalue weighted by Crippen LogP contribution is -1.66. The van der Waals surface area contributed by atoms with Gasteiger partial charge in [0.15, 0.2) is 0 Å². The summed E-state index contributed by atoms with van der Waals surface area (Å²) in [6.07, 6.45) is 12.1. The Morgan fingerprint density at radius 2 is 1.44 bits per heavy atom. The molecule has 3 aromatic rings. The summed E-state index contributed by atoms with van der Waals surface area (Å²) in [5, 5.41) is 6.21. The smallest absolute Gasteiger partial charge is 0.115 e. The molecule has 0 unspecified atom stereocenters. The van der Waals surface area contributed by atoms with Gasteiger partial charge in [0.25, 0.3) is 0 Å². The van der Waals surface area contributed by atoms with Crippen LogP contribution in [-0.4, -0.2) is 25.1 Å². The zero-order chi connectivity index (χ0) is 11.3. The SMILES string of the molecule is c1cc[nH]c1.c1cn[nH]c1.c1cncnc1. The first-order chi connectivity index (χ1) is 8.00. The summed E-state index contributed by atoms with van der Waals surface area (Å²) in [7, 11) is 0. The quantitative estimate of drug-likeness (QED) is 0.601. The van der Waals surface area contributed by atoms with E-state index in [-0.39, 0.29) is 0 Å². The standard InChI is InChI=1S/C4H4N2.C4H5N.C3H4N2/c1-2-5-4-6-3-1;2*1-2-4-5-3-1/h1-4H;1-5H;1-3H,(H,4,5). The molecule has 5 nitrogen and oxygen atoms in total. The van der Waals surface area contributed by atoms with Crippen molar-refractivity contribution in [2.24, 2.45) is 0 Å². The predicted octanol–water partition coefficient (Wildman–Crippen LogP) is 1.90. The monoisotopic (exact) mass is 215 g/mol. The lowest BCUT2D eigenvalue weighted by Gasteiger charge is -1.70. The highest BCUT2D eigenvalue weighted by Gasteiger charge is 1.59. The van der Waals surface area contributed by atoms with Gasteiger partial charge in [-0.1, -0.05) is 0 Å². The van der Waals surface area contributed by atoms with E-state index < -0.39 is 0 Å². The molecule has 0 aliphatic rings. The van der Waals surface area contributed by atoms with Gasteiger partial charge in [-0.2, -0.15) is 5.10 Å². The Hall–Kier alpha value is -2.43. The fraction of sp³-hybridized carbons (Fsp3) is 0. The van der Waals surface area contributed by atoms with Gasteiger partial charge in [-0.25, -0.2) is 9.97 Å². The number of nitrogens with one attached hydrogen (secondary N) is 2. The predicted molar refractivity (Wildman–Crippen MR) is 61.4 cm³/mol. The van der Waals surface area contributed by atoms with Gasteiger partial charge in [-0.15, -0.1) is 0 Å². The summed E-state index contributed by atoms with van der Waals surface area (Å²) >= 11 is 0. The molecule has 0 fully saturated rings. The molecule has 3 aromatic heterocycles. The van der Waals surface area contributed by atoms with E-state index in [9.17, 15) is 0 Å². The van der Waals surface area contributed by atoms with Gasteiger partial charge in [0, 0.05) is 37.2 Å². The topological polar surface area (TPSA) is 70.2 Å². The molecular weight excluding hydrogens is 202 g/mol. The molecule has 2 N–H and O–H groups in total. The molecule has 0 radical (unpaired) electrons. The number of hydrogen-bond acceptors (Lipinski definition) is 3. The van der Waals surface area contributed by atoms with E-state index in [4.69, 9.17) is 0 Å². The van der Waals surface area contributed by atoms with Crippen molar-refractivity contribution < 1.29 is 0 Å². The van der Waals surface area contributed by atoms with Gasteiger partial charge >= 0.3 is 0 Å². The van der Waals surface area contributed by atoms with Crippen molar-refractivity contribution in [3.05, 3.63) is 67.8 Å². The van der Waals surface area contributed by atoms with Crippen molar-refractivity contribution in [2.75, 3.05) is 0 Å². The van der Waals surface area contributed by atoms with E-state index in [1.54, 1.807) is 30.9 Å². The maximum Gasteiger partial charge on any atom is 0.115 e. The van der Waals surface area contributed by atoms with Crippen molar-refractivity contribution in [3.8, 4) is 0 Å². The largest absolute Gasteiger partial charge is 0.368 e. The van der Waals surface area contributed by atoms with Crippen LogP contribution >= 0.6 is 0 Å². The summed E-state index contributed by atoms with van der Waals surface area (Å²) in [6, 6.07) is 7.50. The number of H-pyrrole nitrogens is 2. The van der Waals surface area contributed by atoms with Crippen LogP contribution in [0.2, 0.25) is 0 Å². The van der Waals surface area contributed by atoms with Crippen LogP contribution in [0, 0.1) is 0 Å². The van der Waals surface area contributed by atoms with E-state index in [0.717, 1.165) is 0 Å². The Kier molecular flexibility index (Phi) is 6.65. The molecule has 5 heteroatoms. The number of aromatic amines is 2. The van der Waals surface area contributed by atoms with Gasteiger partial charge < -0.3 is 4.98 Å². The molecule has 0 aliphatic carbocycles. The van der Waals surface area contributed by atoms with Gasteiger partial charge in [0.1, 0.15) is 6.33 Å². The van der Waals surface area contributed by atoms with Crippen LogP contribution < -0.4 is 0 Å². The molecular formula is C11H13N5. The van der Waals surface area contributed by atoms with Crippen LogP contribution in [0.15, 0.2) is 67.8 Å². The maximum absolute atomic E-state index is 3.67. The molecule has 3 rings (SSSR count). The number of rotatable bonds is 0. The summed E-state index contributed by atoms with van der Waals surface area (Å²) < 4.78 is 0. The fourth-order valence-corrected chi connectivity index (χ4v) is 0.746. The molecule has 0 spiro atoms. The third-order valence-electron chi connectivity index (χ3n) is 1.38. The minimum absolute atomic E-state index is 1.50. The first kappa shape index (κ1) is 11.6. The molecule has 0 aromatic carbocycles. The summed E-state index contributed by atoms with van der Waals surface area (Å²) in [4.78, 5) is 10.2. The average Bonchev–Trinajstić information content (AvgIpc) is 3.10. The van der Waals surface area contributed by atoms with Crippen LogP contribution in [-0.2, 0) is 0 Å². The summed E-state index contributed by atoms with van der Waals surface area (Å²) in [5.74, 6) is 0. The molecule has 0 aliphatic heterocycles. The van der Waals surface area contributed by atoms with E-state index in [1.165, 1.54) is 6.33 Å². The van der Waals surface area contributed by atoms with E-state index in [2.05, 4.69) is 25.1 Å². The molecule has 16 heavy (non-hydrogen) atoms. The van der Waals surface area contributed by atoms with E-state index >= 15 is 0 Å². The highest BCUT2D eigenvalue weighted by molar-refractivity contribution is 4.84. The van der Waals surface area contributed by atoms with Crippen LogP contribution in [0.1, 0.15) is 0 Å². The first-order valence-electron chi connectivity index (χ1n) is 4.71. The summed E-state index contributed by atoms with van der Waals surface area (Å²) in [6.45, 7) is 0. The zero-order valence-electron chi connectivity index (χ0n) is 8.69. The Morgan fingerprint density at radius 3 is 1.62 bits per heavy atom. The van der Waals surface area contributed by atoms with Crippen LogP contribution in [0.5, 0.6) is 0 Å². The van der Waals surface area contributed by atoms with Gasteiger partial charge in [-0.05, 0) is 24.3 Å². The van der Waals surface area contributed by atoms with Crippen LogP contribution in [0.3, 0.4) is 0 Å². The van der Waals surface area contributed by atoms with Crippen molar-refractivity contribution in [3.63, 3.8) is 0 Å². The third-order valence-corrected chi connectivity index (χ3v) is 1.38. The van der Waals surface area contributed by atoms with Crippen molar-refractivity contribution in [1.29, 1.82) is 0 Å². The lowest BCUT2D eigenvalue weighted by atomic mass is 10.7. The number of hydrogen-bond donors (Lipinski definition) is 2. The molecule has 82 valence electrons. The zero-order valence-corrected chi connectivity index (χ0v) is 8.69. The van der Waals surface area contributed by atoms with Crippen LogP contribution in [0.25, 0.3) is 0 Å². The Morgan fingerprint density at radius 1 is 0.688 bits per heavy atom. The normalized spacial score (nSPS) is 8.00. The fourth-order valence-electron chi connectivity index (χ4n) is 0.746. The second-order valence-electron chi connectivity index (χ2n) is 2.56. The Bertz CT molecular complexity index is 306. The minimum atomic E-state index is 1.50. The first-order valence-corrected chi connectivity index (χ1v) is 4.71. The molecule has 0 atom stereocenters. The molecule has 0 saturated carbocycles. The van der Waals surface area contributed by atoms with Crippen molar-refractivity contribution in [2.45, 2.75) is 0 Å². The highest BCUT2D eigenvalue weighted by Crippen LogP contribution is 1.72. The second-order valence-corrected chi connectivity index (χ2v) is 2.56. The molecule has 0 saturated heterocycles. The van der Waals surface area contributed by atoms with Gasteiger partial charge in [0.2, 0.25) is 0 Å². The highest BCUT2D eigenvalue weighted by atomic mass is 15.1. The molecule has 3 heterocycles. The molecule has 0 bridgehead atoms. The van der Waals surface area contributed by atoms with E-state index in [0.29, 0.717) is 0 Å². The Labute approximate surface area is 93.6 Å². The van der Waals surface area contributed by atoms with Crippen molar-refractivity contribution >= 4 is 0 Å². The lowest BCUT2D eigenvalue weighted by molar-refractivity contribution is 1.09. The maximum atomic E-state index is 3.67. The Balaban J connectivity index is 0.000000121. The number of aromatic nitrogens is 5. The third kappa shape index (κ3) is 7.02. The van der Waals surface area contributed by atoms with Crippen LogP contribution in [0.4, 0.5) is 0 Å². The second kappa shape index (κ2) is 9.14. The molecule has 0 amide bonds. The average molecular weight is 215 g/mol. The minimum Gasteiger partial charge on any atom is -0.368 e. The van der Waals surface area contributed by atoms with Crippen molar-refractivity contribution in [1.82, 2.24) is 25.1 Å². The number of nitrogens with zero attached hydrogens (tertiary/aromatic N) is 3. The van der Waals surface area contributed by atoms with E-state index in [1.807, 2.05) is 30.6 Å². The summed E-state index contributed by atoms with van der Waals surface area (Å²) in [5.41, 5.74) is 0. The van der Waals surface area contributed by atoms with Gasteiger partial charge in [-0.3, -0.25) is 5.10 Å². The van der Waals surface area contributed by atoms with Gasteiger partial charge in [0.05, 0.1) is 0 Å².